The minimum atomic E-state index is 0.305. The Labute approximate surface area is 162 Å². The molecule has 1 saturated heterocycles. The maximum Gasteiger partial charge on any atom is 0.251 e. The molecule has 2 aromatic rings. The molecule has 0 atom stereocenters. The van der Waals surface area contributed by atoms with Gasteiger partial charge in [0.25, 0.3) is 5.89 Å². The molecule has 1 aromatic heterocycles. The Morgan fingerprint density at radius 1 is 1.04 bits per heavy atom. The fourth-order valence-corrected chi connectivity index (χ4v) is 4.32. The molecule has 1 aromatic carbocycles. The van der Waals surface area contributed by atoms with Crippen molar-refractivity contribution in [3.05, 3.63) is 17.0 Å². The Hall–Kier alpha value is -1.99. The monoisotopic (exact) mass is 390 g/mol. The Morgan fingerprint density at radius 2 is 1.78 bits per heavy atom. The van der Waals surface area contributed by atoms with E-state index in [9.17, 15) is 0 Å². The highest BCUT2D eigenvalue weighted by Gasteiger charge is 2.32. The molecule has 3 heterocycles. The fourth-order valence-electron chi connectivity index (χ4n) is 4.13. The summed E-state index contributed by atoms with van der Waals surface area (Å²) in [5.41, 5.74) is 7.03. The quantitative estimate of drug-likeness (QED) is 0.803. The normalized spacial score (nSPS) is 21.2. The van der Waals surface area contributed by atoms with E-state index < -0.39 is 0 Å². The molecule has 2 fully saturated rings. The molecule has 2 N–H and O–H groups in total. The third-order valence-corrected chi connectivity index (χ3v) is 6.25. The van der Waals surface area contributed by atoms with Crippen LogP contribution in [0.1, 0.15) is 43.9 Å². The summed E-state index contributed by atoms with van der Waals surface area (Å²) in [6.07, 6.45) is 6.18. The number of hydrogen-bond acceptors (Lipinski definition) is 7. The van der Waals surface area contributed by atoms with E-state index in [1.165, 1.54) is 19.3 Å². The van der Waals surface area contributed by atoms with Gasteiger partial charge in [0, 0.05) is 12.0 Å². The van der Waals surface area contributed by atoms with Crippen LogP contribution < -0.4 is 15.2 Å². The maximum absolute atomic E-state index is 6.27. The molecular formula is C19H23ClN4O3. The highest BCUT2D eigenvalue weighted by atomic mass is 35.5. The lowest BCUT2D eigenvalue weighted by Gasteiger charge is -2.41. The number of nitrogens with zero attached hydrogens (tertiary/aromatic N) is 3. The lowest BCUT2D eigenvalue weighted by Crippen LogP contribution is -2.44. The molecular weight excluding hydrogens is 368 g/mol. The molecule has 8 heteroatoms. The molecule has 1 saturated carbocycles. The van der Waals surface area contributed by atoms with Crippen LogP contribution in [0.4, 0.5) is 5.69 Å². The van der Waals surface area contributed by atoms with E-state index in [0.29, 0.717) is 58.7 Å². The summed E-state index contributed by atoms with van der Waals surface area (Å²) in [6.45, 7) is 3.09. The van der Waals surface area contributed by atoms with Crippen LogP contribution >= 0.6 is 11.6 Å². The minimum absolute atomic E-state index is 0.305. The van der Waals surface area contributed by atoms with Crippen molar-refractivity contribution in [2.24, 2.45) is 0 Å². The van der Waals surface area contributed by atoms with Gasteiger partial charge in [-0.05, 0) is 44.8 Å². The standard InChI is InChI=1S/C19H23ClN4O3/c20-14-10-13(16-17(15(14)21)26-9-8-25-16)19-23-22-18(27-19)11-4-6-24(7-5-11)12-2-1-3-12/h10-12H,1-9,21H2. The molecule has 7 nitrogen and oxygen atoms in total. The summed E-state index contributed by atoms with van der Waals surface area (Å²) < 4.78 is 17.4. The summed E-state index contributed by atoms with van der Waals surface area (Å²) in [6, 6.07) is 2.51. The van der Waals surface area contributed by atoms with E-state index in [1.807, 2.05) is 0 Å². The second kappa shape index (κ2) is 6.87. The van der Waals surface area contributed by atoms with Crippen LogP contribution in [0.3, 0.4) is 0 Å². The van der Waals surface area contributed by atoms with E-state index >= 15 is 0 Å². The molecule has 0 radical (unpaired) electrons. The Kier molecular flexibility index (Phi) is 4.36. The lowest BCUT2D eigenvalue weighted by atomic mass is 9.88. The molecule has 144 valence electrons. The largest absolute Gasteiger partial charge is 0.485 e. The van der Waals surface area contributed by atoms with Gasteiger partial charge >= 0.3 is 0 Å². The van der Waals surface area contributed by atoms with Gasteiger partial charge in [-0.2, -0.15) is 0 Å². The number of aromatic nitrogens is 2. The average Bonchev–Trinajstić information content (AvgIpc) is 3.14. The highest BCUT2D eigenvalue weighted by Crippen LogP contribution is 2.47. The molecule has 0 spiro atoms. The van der Waals surface area contributed by atoms with Gasteiger partial charge in [0.2, 0.25) is 5.89 Å². The van der Waals surface area contributed by atoms with Crippen molar-refractivity contribution in [3.8, 4) is 23.0 Å². The van der Waals surface area contributed by atoms with E-state index in [1.54, 1.807) is 6.07 Å². The molecule has 2 aliphatic heterocycles. The van der Waals surface area contributed by atoms with Crippen molar-refractivity contribution in [1.82, 2.24) is 15.1 Å². The van der Waals surface area contributed by atoms with Crippen LogP contribution in [0, 0.1) is 0 Å². The third kappa shape index (κ3) is 3.02. The van der Waals surface area contributed by atoms with E-state index in [2.05, 4.69) is 15.1 Å². The summed E-state index contributed by atoms with van der Waals surface area (Å²) in [5.74, 6) is 2.38. The number of nitrogens with two attached hydrogens (primary N) is 1. The number of halogens is 1. The van der Waals surface area contributed by atoms with Gasteiger partial charge in [0.1, 0.15) is 13.2 Å². The van der Waals surface area contributed by atoms with Crippen LogP contribution in [-0.2, 0) is 0 Å². The number of rotatable bonds is 3. The van der Waals surface area contributed by atoms with Crippen molar-refractivity contribution in [1.29, 1.82) is 0 Å². The van der Waals surface area contributed by atoms with Crippen molar-refractivity contribution >= 4 is 17.3 Å². The van der Waals surface area contributed by atoms with Gasteiger partial charge < -0.3 is 24.5 Å². The van der Waals surface area contributed by atoms with Gasteiger partial charge in [-0.3, -0.25) is 0 Å². The van der Waals surface area contributed by atoms with Gasteiger partial charge in [-0.15, -0.1) is 10.2 Å². The zero-order valence-corrected chi connectivity index (χ0v) is 15.9. The molecule has 27 heavy (non-hydrogen) atoms. The second-order valence-electron chi connectivity index (χ2n) is 7.52. The topological polar surface area (TPSA) is 86.6 Å². The maximum atomic E-state index is 6.27. The van der Waals surface area contributed by atoms with Gasteiger partial charge in [-0.25, -0.2) is 0 Å². The van der Waals surface area contributed by atoms with E-state index in [-0.39, 0.29) is 0 Å². The van der Waals surface area contributed by atoms with E-state index in [4.69, 9.17) is 31.2 Å². The number of fused-ring (bicyclic) bond motifs is 1. The van der Waals surface area contributed by atoms with E-state index in [0.717, 1.165) is 32.0 Å². The first-order valence-corrected chi connectivity index (χ1v) is 10.0. The van der Waals surface area contributed by atoms with Gasteiger partial charge in [0.05, 0.1) is 16.3 Å². The minimum Gasteiger partial charge on any atom is -0.485 e. The Balaban J connectivity index is 1.38. The van der Waals surface area contributed by atoms with Crippen LogP contribution in [0.2, 0.25) is 5.02 Å². The van der Waals surface area contributed by atoms with Crippen molar-refractivity contribution in [2.75, 3.05) is 32.0 Å². The zero-order valence-electron chi connectivity index (χ0n) is 15.1. The first-order valence-electron chi connectivity index (χ1n) is 9.66. The van der Waals surface area contributed by atoms with Crippen LogP contribution in [0.15, 0.2) is 10.5 Å². The van der Waals surface area contributed by atoms with Gasteiger partial charge in [-0.1, -0.05) is 18.0 Å². The Bertz CT molecular complexity index is 844. The first-order chi connectivity index (χ1) is 13.2. The molecule has 0 unspecified atom stereocenters. The number of anilines is 1. The second-order valence-corrected chi connectivity index (χ2v) is 7.92. The SMILES string of the molecule is Nc1c(Cl)cc(-c2nnc(C3CCN(C4CCC4)CC3)o2)c2c1OCCO2. The summed E-state index contributed by atoms with van der Waals surface area (Å²) in [7, 11) is 0. The molecule has 1 aliphatic carbocycles. The Morgan fingerprint density at radius 3 is 2.48 bits per heavy atom. The molecule has 0 bridgehead atoms. The van der Waals surface area contributed by atoms with Crippen LogP contribution in [0.25, 0.3) is 11.5 Å². The molecule has 3 aliphatic rings. The lowest BCUT2D eigenvalue weighted by molar-refractivity contribution is 0.0936. The third-order valence-electron chi connectivity index (χ3n) is 5.94. The molecule has 0 amide bonds. The van der Waals surface area contributed by atoms with Crippen molar-refractivity contribution in [2.45, 2.75) is 44.1 Å². The summed E-state index contributed by atoms with van der Waals surface area (Å²) in [5, 5.41) is 8.96. The first kappa shape index (κ1) is 17.1. The smallest absolute Gasteiger partial charge is 0.251 e. The molecule has 5 rings (SSSR count). The predicted octanol–water partition coefficient (Wildman–Crippen LogP) is 3.48. The van der Waals surface area contributed by atoms with Crippen LogP contribution in [0.5, 0.6) is 11.5 Å². The van der Waals surface area contributed by atoms with Crippen molar-refractivity contribution in [3.63, 3.8) is 0 Å². The number of ether oxygens (including phenoxy) is 2. The highest BCUT2D eigenvalue weighted by molar-refractivity contribution is 6.34. The number of benzene rings is 1. The van der Waals surface area contributed by atoms with Gasteiger partial charge in [0.15, 0.2) is 11.5 Å². The predicted molar refractivity (Wildman–Crippen MR) is 101 cm³/mol. The number of hydrogen-bond donors (Lipinski definition) is 1. The van der Waals surface area contributed by atoms with Crippen LogP contribution in [-0.4, -0.2) is 47.4 Å². The average molecular weight is 391 g/mol. The summed E-state index contributed by atoms with van der Waals surface area (Å²) >= 11 is 6.27. The number of likely N-dealkylation sites (tertiary alicyclic amines) is 1. The summed E-state index contributed by atoms with van der Waals surface area (Å²) in [4.78, 5) is 2.61. The number of piperidine rings is 1. The fraction of sp³-hybridized carbons (Fsp3) is 0.579. The van der Waals surface area contributed by atoms with Crippen molar-refractivity contribution < 1.29 is 13.9 Å². The number of nitrogen functional groups attached to an aromatic ring is 1. The zero-order chi connectivity index (χ0) is 18.4.